The van der Waals surface area contributed by atoms with E-state index in [2.05, 4.69) is 10.3 Å². The smallest absolute Gasteiger partial charge is 0.329 e. The number of carboxylic acid groups (broad SMARTS) is 1. The number of rotatable bonds is 45. The zero-order valence-corrected chi connectivity index (χ0v) is 43.3. The number of ether oxygens (including phenoxy) is 6. The van der Waals surface area contributed by atoms with Crippen LogP contribution in [0.4, 0.5) is 0 Å². The first-order chi connectivity index (χ1) is 33.6. The molecule has 17 heteroatoms. The maximum absolute atomic E-state index is 13.1. The van der Waals surface area contributed by atoms with Crippen LogP contribution in [0.1, 0.15) is 178 Å². The number of pyridine rings is 1. The van der Waals surface area contributed by atoms with Gasteiger partial charge in [-0.15, -0.1) is 0 Å². The van der Waals surface area contributed by atoms with Crippen LogP contribution < -0.4 is 10.1 Å². The van der Waals surface area contributed by atoms with Gasteiger partial charge in [-0.25, -0.2) is 13.2 Å². The second-order valence-electron chi connectivity index (χ2n) is 18.6. The molecule has 1 aromatic carbocycles. The van der Waals surface area contributed by atoms with Crippen LogP contribution in [-0.2, 0) is 58.5 Å². The van der Waals surface area contributed by atoms with Crippen molar-refractivity contribution in [2.75, 3.05) is 66.0 Å². The highest BCUT2D eigenvalue weighted by Crippen LogP contribution is 2.21. The van der Waals surface area contributed by atoms with E-state index in [1.165, 1.54) is 64.0 Å². The van der Waals surface area contributed by atoms with Crippen LogP contribution in [0.15, 0.2) is 47.5 Å². The van der Waals surface area contributed by atoms with E-state index in [0.717, 1.165) is 38.5 Å². The molecule has 0 saturated carbocycles. The molecule has 0 radical (unpaired) electrons. The first kappa shape index (κ1) is 61.8. The molecule has 0 bridgehead atoms. The lowest BCUT2D eigenvalue weighted by atomic mass is 10.0. The molecule has 0 fully saturated rings. The first-order valence-electron chi connectivity index (χ1n) is 25.6. The van der Waals surface area contributed by atoms with Crippen molar-refractivity contribution < 1.29 is 65.9 Å². The maximum atomic E-state index is 13.1. The highest BCUT2D eigenvalue weighted by Gasteiger charge is 2.18. The molecule has 2 aromatic rings. The van der Waals surface area contributed by atoms with Crippen molar-refractivity contribution in [2.45, 2.75) is 178 Å². The predicted octanol–water partition coefficient (Wildman–Crippen LogP) is 9.38. The van der Waals surface area contributed by atoms with Crippen LogP contribution in [0, 0.1) is 0 Å². The zero-order valence-electron chi connectivity index (χ0n) is 42.5. The van der Waals surface area contributed by atoms with Gasteiger partial charge in [-0.1, -0.05) is 83.5 Å². The van der Waals surface area contributed by atoms with Crippen molar-refractivity contribution in [1.29, 1.82) is 0 Å². The van der Waals surface area contributed by atoms with E-state index in [1.807, 2.05) is 20.8 Å². The Hall–Kier alpha value is -4.29. The number of Topliss-reactive ketones (excluding diaryl/α,β-unsaturated/α-hetero) is 2. The van der Waals surface area contributed by atoms with Crippen molar-refractivity contribution >= 4 is 39.2 Å². The van der Waals surface area contributed by atoms with Gasteiger partial charge < -0.3 is 38.8 Å². The van der Waals surface area contributed by atoms with Crippen molar-refractivity contribution in [3.8, 4) is 5.75 Å². The van der Waals surface area contributed by atoms with E-state index in [1.54, 1.807) is 36.4 Å². The van der Waals surface area contributed by atoms with Gasteiger partial charge in [0.1, 0.15) is 24.6 Å². The van der Waals surface area contributed by atoms with Crippen molar-refractivity contribution in [3.05, 3.63) is 53.9 Å². The standard InChI is InChI=1S/C53H84N2O14S/c1-53(2,3)69-52(61)25-19-13-11-9-7-5-4-6-8-10-12-16-20-34-68-47-28-30-48(31-29-47)70(62,63)43-45-27-26-44(40-55-45)49(57)23-17-14-15-18-24-50(58)54-32-35-65-37-38-66-41-46(56)22-21-33-64-36-39-67-42-51(59)60/h26-31,40H,4-25,32-39,41-43H2,1-3H3,(H,54,58)(H,59,60). The van der Waals surface area contributed by atoms with Gasteiger partial charge in [0.05, 0.1) is 56.0 Å². The Balaban J connectivity index is 1.43. The molecule has 0 atom stereocenters. The Morgan fingerprint density at radius 1 is 0.571 bits per heavy atom. The van der Waals surface area contributed by atoms with Crippen LogP contribution in [0.5, 0.6) is 5.75 Å². The van der Waals surface area contributed by atoms with Gasteiger partial charge in [0, 0.05) is 50.6 Å². The van der Waals surface area contributed by atoms with Gasteiger partial charge in [0.15, 0.2) is 21.4 Å². The number of carboxylic acids is 1. The summed E-state index contributed by atoms with van der Waals surface area (Å²) in [6.45, 7) is 7.96. The quantitative estimate of drug-likeness (QED) is 0.0359. The summed E-state index contributed by atoms with van der Waals surface area (Å²) in [7, 11) is -3.65. The summed E-state index contributed by atoms with van der Waals surface area (Å²) in [6.07, 6.45) is 21.7. The van der Waals surface area contributed by atoms with Crippen LogP contribution in [0.25, 0.3) is 0 Å². The van der Waals surface area contributed by atoms with Gasteiger partial charge in [-0.3, -0.25) is 24.2 Å². The lowest BCUT2D eigenvalue weighted by Crippen LogP contribution is -2.27. The average Bonchev–Trinajstić information content (AvgIpc) is 3.31. The normalized spacial score (nSPS) is 11.6. The Labute approximate surface area is 417 Å². The Bertz CT molecular complexity index is 1850. The highest BCUT2D eigenvalue weighted by atomic mass is 32.2. The van der Waals surface area contributed by atoms with Gasteiger partial charge in [-0.2, -0.15) is 0 Å². The molecule has 1 amide bonds. The molecule has 0 saturated heterocycles. The molecule has 0 unspecified atom stereocenters. The monoisotopic (exact) mass is 1000 g/mol. The Morgan fingerprint density at radius 2 is 1.11 bits per heavy atom. The second kappa shape index (κ2) is 38.4. The fourth-order valence-corrected chi connectivity index (χ4v) is 8.52. The van der Waals surface area contributed by atoms with E-state index in [4.69, 9.17) is 33.5 Å². The second-order valence-corrected chi connectivity index (χ2v) is 20.6. The van der Waals surface area contributed by atoms with Crippen LogP contribution >= 0.6 is 0 Å². The van der Waals surface area contributed by atoms with Gasteiger partial charge in [0.25, 0.3) is 0 Å². The number of nitrogens with zero attached hydrogens (tertiary/aromatic N) is 1. The fraction of sp³-hybridized carbons (Fsp3) is 0.698. The lowest BCUT2D eigenvalue weighted by molar-refractivity contribution is -0.155. The van der Waals surface area contributed by atoms with Crippen molar-refractivity contribution in [3.63, 3.8) is 0 Å². The number of unbranched alkanes of at least 4 members (excludes halogenated alkanes) is 15. The number of amides is 1. The molecule has 1 heterocycles. The van der Waals surface area contributed by atoms with Crippen LogP contribution in [0.3, 0.4) is 0 Å². The number of aromatic nitrogens is 1. The van der Waals surface area contributed by atoms with E-state index in [9.17, 15) is 32.4 Å². The SMILES string of the molecule is CC(C)(C)OC(=O)CCCCCCCCCCCCCCCOc1ccc(S(=O)(=O)Cc2ccc(C(=O)CCCCCCC(=O)NCCOCCOCC(=O)CCCOCCOCC(=O)O)cn2)cc1. The number of nitrogens with one attached hydrogen (secondary N) is 1. The molecule has 1 aromatic heterocycles. The zero-order chi connectivity index (χ0) is 51.1. The van der Waals surface area contributed by atoms with Crippen LogP contribution in [-0.4, -0.2) is 120 Å². The fourth-order valence-electron chi connectivity index (χ4n) is 7.24. The summed E-state index contributed by atoms with van der Waals surface area (Å²) in [4.78, 5) is 63.4. The molecule has 2 rings (SSSR count). The van der Waals surface area contributed by atoms with E-state index < -0.39 is 21.4 Å². The van der Waals surface area contributed by atoms with E-state index in [-0.39, 0.29) is 67.1 Å². The van der Waals surface area contributed by atoms with Crippen molar-refractivity contribution in [2.24, 2.45) is 0 Å². The maximum Gasteiger partial charge on any atom is 0.329 e. The van der Waals surface area contributed by atoms with Crippen molar-refractivity contribution in [1.82, 2.24) is 10.3 Å². The number of hydrogen-bond donors (Lipinski definition) is 2. The summed E-state index contributed by atoms with van der Waals surface area (Å²) in [5.41, 5.74) is 0.392. The van der Waals surface area contributed by atoms with E-state index >= 15 is 0 Å². The minimum absolute atomic E-state index is 0.0166. The highest BCUT2D eigenvalue weighted by molar-refractivity contribution is 7.90. The largest absolute Gasteiger partial charge is 0.494 e. The summed E-state index contributed by atoms with van der Waals surface area (Å²) in [5.74, 6) is -0.959. The number of hydrogen-bond acceptors (Lipinski definition) is 14. The number of ketones is 2. The third-order valence-corrected chi connectivity index (χ3v) is 12.7. The molecule has 2 N–H and O–H groups in total. The number of carbonyl (C=O) groups is 5. The minimum Gasteiger partial charge on any atom is -0.494 e. The number of carbonyl (C=O) groups excluding carboxylic acids is 4. The number of benzene rings is 1. The lowest BCUT2D eigenvalue weighted by Gasteiger charge is -2.19. The minimum atomic E-state index is -3.65. The van der Waals surface area contributed by atoms with E-state index in [0.29, 0.717) is 94.9 Å². The molecule has 16 nitrogen and oxygen atoms in total. The molecule has 70 heavy (non-hydrogen) atoms. The molecular formula is C53H84N2O14S. The molecular weight excluding hydrogens is 921 g/mol. The van der Waals surface area contributed by atoms with Crippen LogP contribution in [0.2, 0.25) is 0 Å². The summed E-state index contributed by atoms with van der Waals surface area (Å²) in [5, 5.41) is 11.3. The Kier molecular flexibility index (Phi) is 33.9. The molecule has 0 aliphatic carbocycles. The molecule has 0 aliphatic heterocycles. The summed E-state index contributed by atoms with van der Waals surface area (Å²) >= 11 is 0. The summed E-state index contributed by atoms with van der Waals surface area (Å²) in [6, 6.07) is 9.70. The van der Waals surface area contributed by atoms with Gasteiger partial charge in [0.2, 0.25) is 5.91 Å². The predicted molar refractivity (Wildman–Crippen MR) is 268 cm³/mol. The average molecular weight is 1010 g/mol. The number of aliphatic carboxylic acids is 1. The molecule has 0 spiro atoms. The first-order valence-corrected chi connectivity index (χ1v) is 27.3. The topological polar surface area (TPSA) is 220 Å². The molecule has 0 aliphatic rings. The molecule has 396 valence electrons. The third-order valence-electron chi connectivity index (χ3n) is 11.0. The third kappa shape index (κ3) is 34.1. The number of sulfone groups is 1. The Morgan fingerprint density at radius 3 is 1.70 bits per heavy atom. The number of esters is 1. The summed E-state index contributed by atoms with van der Waals surface area (Å²) < 4.78 is 58.4. The van der Waals surface area contributed by atoms with Gasteiger partial charge >= 0.3 is 11.9 Å². The van der Waals surface area contributed by atoms with Gasteiger partial charge in [-0.05, 0) is 89.3 Å².